The summed E-state index contributed by atoms with van der Waals surface area (Å²) in [6.07, 6.45) is 0.846. The van der Waals surface area contributed by atoms with E-state index in [4.69, 9.17) is 4.74 Å². The molecule has 0 spiro atoms. The number of thiol groups is 1. The van der Waals surface area contributed by atoms with Crippen LogP contribution in [0.4, 0.5) is 0 Å². The smallest absolute Gasteiger partial charge is 0.329 e. The average Bonchev–Trinajstić information content (AvgIpc) is 2.29. The number of hydrogen-bond donors (Lipinski definition) is 2. The Hall–Kier alpha value is -1.51. The van der Waals surface area contributed by atoms with Crippen LogP contribution < -0.4 is 5.32 Å². The van der Waals surface area contributed by atoms with Crippen LogP contribution in [0.5, 0.6) is 0 Å². The molecule has 0 aliphatic heterocycles. The number of nitrogens with zero attached hydrogens (tertiary/aromatic N) is 1. The molecule has 8 nitrogen and oxygen atoms in total. The topological polar surface area (TPSA) is 108 Å². The fraction of sp³-hybridized carbons (Fsp3) is 0.778. The Labute approximate surface area is 110 Å². The third-order valence-corrected chi connectivity index (χ3v) is 2.19. The molecule has 0 aliphatic carbocycles. The molecule has 0 rings (SSSR count). The average molecular weight is 280 g/mol. The lowest BCUT2D eigenvalue weighted by Gasteiger charge is -2.14. The normalized spacial score (nSPS) is 11.4. The Morgan fingerprint density at radius 2 is 2.00 bits per heavy atom. The first-order valence-electron chi connectivity index (χ1n) is 5.29. The van der Waals surface area contributed by atoms with Crippen LogP contribution in [0, 0.1) is 10.1 Å². The molecule has 0 unspecified atom stereocenters. The maximum absolute atomic E-state index is 11.4. The summed E-state index contributed by atoms with van der Waals surface area (Å²) in [5, 5.41) is 11.3. The fourth-order valence-corrected chi connectivity index (χ4v) is 1.28. The lowest BCUT2D eigenvalue weighted by Crippen LogP contribution is -2.42. The Bertz CT molecular complexity index is 299. The maximum atomic E-state index is 11.4. The number of rotatable bonds is 9. The van der Waals surface area contributed by atoms with E-state index in [9.17, 15) is 19.7 Å². The summed E-state index contributed by atoms with van der Waals surface area (Å²) in [6.45, 7) is 1.37. The van der Waals surface area contributed by atoms with E-state index in [1.807, 2.05) is 0 Å². The number of carbonyl (C=O) groups excluding carboxylic acids is 2. The van der Waals surface area contributed by atoms with Crippen molar-refractivity contribution in [2.75, 3.05) is 19.0 Å². The van der Waals surface area contributed by atoms with Gasteiger partial charge in [-0.25, -0.2) is 4.79 Å². The number of ether oxygens (including phenoxy) is 1. The minimum Gasteiger partial charge on any atom is -0.464 e. The first-order chi connectivity index (χ1) is 8.47. The molecule has 0 bridgehead atoms. The standard InChI is InChI=1S/C9H16N2O6S/c1-7(12)10-8(6-18)9(13)16-4-2-3-5-17-11(14)15/h8,18H,2-6H2,1H3,(H,10,12)/t8-/m0/s1. The Morgan fingerprint density at radius 3 is 2.50 bits per heavy atom. The van der Waals surface area contributed by atoms with Crippen molar-refractivity contribution in [3.8, 4) is 0 Å². The zero-order chi connectivity index (χ0) is 14.0. The molecule has 0 aliphatic rings. The van der Waals surface area contributed by atoms with Gasteiger partial charge in [-0.15, -0.1) is 10.1 Å². The molecular formula is C9H16N2O6S. The summed E-state index contributed by atoms with van der Waals surface area (Å²) in [5.41, 5.74) is 0. The van der Waals surface area contributed by atoms with Gasteiger partial charge in [-0.05, 0) is 12.8 Å². The minimum atomic E-state index is -0.875. The summed E-state index contributed by atoms with van der Waals surface area (Å²) < 4.78 is 4.88. The molecule has 1 atom stereocenters. The van der Waals surface area contributed by atoms with Crippen molar-refractivity contribution in [2.24, 2.45) is 0 Å². The van der Waals surface area contributed by atoms with Crippen LogP contribution in [0.2, 0.25) is 0 Å². The van der Waals surface area contributed by atoms with E-state index in [0.29, 0.717) is 12.8 Å². The summed E-state index contributed by atoms with van der Waals surface area (Å²) in [6, 6.07) is -0.777. The first kappa shape index (κ1) is 16.5. The quantitative estimate of drug-likeness (QED) is 0.202. The second-order valence-corrected chi connectivity index (χ2v) is 3.73. The monoisotopic (exact) mass is 280 g/mol. The molecule has 0 aromatic heterocycles. The molecule has 0 aromatic rings. The van der Waals surface area contributed by atoms with Crippen LogP contribution in [-0.4, -0.2) is 42.0 Å². The SMILES string of the molecule is CC(=O)N[C@@H](CS)C(=O)OCCCCO[N+](=O)[O-]. The lowest BCUT2D eigenvalue weighted by molar-refractivity contribution is -0.757. The number of nitrogens with one attached hydrogen (secondary N) is 1. The summed E-state index contributed by atoms with van der Waals surface area (Å²) in [5.74, 6) is -0.774. The molecule has 1 N–H and O–H groups in total. The highest BCUT2D eigenvalue weighted by Crippen LogP contribution is 1.97. The molecule has 0 heterocycles. The molecule has 104 valence electrons. The van der Waals surface area contributed by atoms with Crippen molar-refractivity contribution in [3.63, 3.8) is 0 Å². The van der Waals surface area contributed by atoms with E-state index in [2.05, 4.69) is 22.8 Å². The van der Waals surface area contributed by atoms with Crippen LogP contribution in [-0.2, 0) is 19.2 Å². The van der Waals surface area contributed by atoms with Gasteiger partial charge in [0.05, 0.1) is 13.2 Å². The van der Waals surface area contributed by atoms with Crippen LogP contribution in [0.1, 0.15) is 19.8 Å². The number of esters is 1. The van der Waals surface area contributed by atoms with Gasteiger partial charge in [0, 0.05) is 12.7 Å². The van der Waals surface area contributed by atoms with Gasteiger partial charge >= 0.3 is 5.97 Å². The molecule has 9 heteroatoms. The van der Waals surface area contributed by atoms with Gasteiger partial charge in [0.15, 0.2) is 0 Å². The predicted octanol–water partition coefficient (Wildman–Crippen LogP) is -0.0474. The fourth-order valence-electron chi connectivity index (χ4n) is 1.04. The summed E-state index contributed by atoms with van der Waals surface area (Å²) >= 11 is 3.92. The molecule has 0 saturated heterocycles. The second kappa shape index (κ2) is 9.51. The number of carbonyl (C=O) groups is 2. The largest absolute Gasteiger partial charge is 0.464 e. The van der Waals surface area contributed by atoms with Gasteiger partial charge < -0.3 is 14.9 Å². The molecule has 18 heavy (non-hydrogen) atoms. The second-order valence-electron chi connectivity index (χ2n) is 3.37. The molecular weight excluding hydrogens is 264 g/mol. The Morgan fingerprint density at radius 1 is 1.39 bits per heavy atom. The van der Waals surface area contributed by atoms with Gasteiger partial charge in [0.1, 0.15) is 6.04 Å². The van der Waals surface area contributed by atoms with Crippen LogP contribution >= 0.6 is 12.6 Å². The van der Waals surface area contributed by atoms with Crippen molar-refractivity contribution >= 4 is 24.5 Å². The van der Waals surface area contributed by atoms with E-state index < -0.39 is 17.1 Å². The van der Waals surface area contributed by atoms with E-state index >= 15 is 0 Å². The van der Waals surface area contributed by atoms with Gasteiger partial charge in [-0.3, -0.25) is 4.79 Å². The van der Waals surface area contributed by atoms with Gasteiger partial charge in [-0.2, -0.15) is 12.6 Å². The van der Waals surface area contributed by atoms with Crippen molar-refractivity contribution in [3.05, 3.63) is 10.1 Å². The molecule has 0 saturated carbocycles. The summed E-state index contributed by atoms with van der Waals surface area (Å²) in [4.78, 5) is 36.1. The summed E-state index contributed by atoms with van der Waals surface area (Å²) in [7, 11) is 0. The van der Waals surface area contributed by atoms with Gasteiger partial charge in [-0.1, -0.05) is 0 Å². The Kier molecular flexibility index (Phi) is 8.71. The van der Waals surface area contributed by atoms with Crippen LogP contribution in [0.15, 0.2) is 0 Å². The highest BCUT2D eigenvalue weighted by atomic mass is 32.1. The van der Waals surface area contributed by atoms with Crippen molar-refractivity contribution in [1.82, 2.24) is 5.32 Å². The van der Waals surface area contributed by atoms with Crippen molar-refractivity contribution in [2.45, 2.75) is 25.8 Å². The third-order valence-electron chi connectivity index (χ3n) is 1.82. The third kappa shape index (κ3) is 8.62. The lowest BCUT2D eigenvalue weighted by atomic mass is 10.3. The highest BCUT2D eigenvalue weighted by Gasteiger charge is 2.18. The zero-order valence-corrected chi connectivity index (χ0v) is 10.9. The predicted molar refractivity (Wildman–Crippen MR) is 64.6 cm³/mol. The van der Waals surface area contributed by atoms with Gasteiger partial charge in [0.2, 0.25) is 5.91 Å². The number of amides is 1. The molecule has 0 aromatic carbocycles. The van der Waals surface area contributed by atoms with Crippen LogP contribution in [0.25, 0.3) is 0 Å². The van der Waals surface area contributed by atoms with E-state index in [1.54, 1.807) is 0 Å². The van der Waals surface area contributed by atoms with E-state index in [1.165, 1.54) is 6.92 Å². The van der Waals surface area contributed by atoms with Crippen LogP contribution in [0.3, 0.4) is 0 Å². The maximum Gasteiger partial charge on any atom is 0.329 e. The zero-order valence-electron chi connectivity index (χ0n) is 9.96. The molecule has 0 radical (unpaired) electrons. The Balaban J connectivity index is 3.68. The van der Waals surface area contributed by atoms with E-state index in [-0.39, 0.29) is 24.9 Å². The minimum absolute atomic E-state index is 0.0355. The number of hydrogen-bond acceptors (Lipinski definition) is 7. The molecule has 0 fully saturated rings. The molecule has 1 amide bonds. The van der Waals surface area contributed by atoms with Gasteiger partial charge in [0.25, 0.3) is 5.09 Å². The van der Waals surface area contributed by atoms with E-state index in [0.717, 1.165) is 0 Å². The van der Waals surface area contributed by atoms with Crippen molar-refractivity contribution in [1.29, 1.82) is 0 Å². The number of unbranched alkanes of at least 4 members (excludes halogenated alkanes) is 1. The van der Waals surface area contributed by atoms with Crippen molar-refractivity contribution < 1.29 is 24.3 Å². The first-order valence-corrected chi connectivity index (χ1v) is 5.92. The highest BCUT2D eigenvalue weighted by molar-refractivity contribution is 7.80.